The molecule has 0 aliphatic heterocycles. The van der Waals surface area contributed by atoms with Crippen LogP contribution in [0.1, 0.15) is 29.5 Å². The summed E-state index contributed by atoms with van der Waals surface area (Å²) in [5.41, 5.74) is 29.6. The van der Waals surface area contributed by atoms with Crippen LogP contribution in [0.15, 0.2) is 41.4 Å². The summed E-state index contributed by atoms with van der Waals surface area (Å²) < 4.78 is 0. The number of carbonyl (C=O) groups is 3. The molecule has 0 saturated carbocycles. The van der Waals surface area contributed by atoms with Crippen LogP contribution >= 0.6 is 23.2 Å². The minimum atomic E-state index is -0.914. The second kappa shape index (κ2) is 13.4. The zero-order chi connectivity index (χ0) is 26.8. The van der Waals surface area contributed by atoms with Gasteiger partial charge < -0.3 is 38.9 Å². The summed E-state index contributed by atoms with van der Waals surface area (Å²) in [5, 5.41) is 2.95. The van der Waals surface area contributed by atoms with Crippen LogP contribution in [0.3, 0.4) is 0 Å². The van der Waals surface area contributed by atoms with Crippen LogP contribution in [0.5, 0.6) is 0 Å². The Hall–Kier alpha value is -3.70. The second-order valence-corrected chi connectivity index (χ2v) is 8.89. The first-order valence-electron chi connectivity index (χ1n) is 11.0. The summed E-state index contributed by atoms with van der Waals surface area (Å²) in [6.45, 7) is 0.638. The molecule has 2 aromatic rings. The third-order valence-electron chi connectivity index (χ3n) is 5.29. The van der Waals surface area contributed by atoms with Gasteiger partial charge in [-0.1, -0.05) is 47.5 Å². The van der Waals surface area contributed by atoms with E-state index in [1.54, 1.807) is 36.4 Å². The number of nitrogens with one attached hydrogen (secondary N) is 1. The molecule has 36 heavy (non-hydrogen) atoms. The first kappa shape index (κ1) is 28.5. The number of guanidine groups is 1. The Morgan fingerprint density at radius 2 is 1.53 bits per heavy atom. The summed E-state index contributed by atoms with van der Waals surface area (Å²) in [6, 6.07) is 8.69. The van der Waals surface area contributed by atoms with Gasteiger partial charge in [0.25, 0.3) is 0 Å². The van der Waals surface area contributed by atoms with E-state index in [1.807, 2.05) is 0 Å². The highest BCUT2D eigenvalue weighted by molar-refractivity contribution is 6.38. The van der Waals surface area contributed by atoms with E-state index in [9.17, 15) is 14.4 Å². The lowest BCUT2D eigenvalue weighted by Crippen LogP contribution is -2.48. The van der Waals surface area contributed by atoms with Gasteiger partial charge in [-0.15, -0.1) is 0 Å². The molecule has 11 nitrogen and oxygen atoms in total. The number of halogens is 2. The molecule has 0 aromatic heterocycles. The Balaban J connectivity index is 2.29. The molecule has 4 amide bonds. The van der Waals surface area contributed by atoms with Gasteiger partial charge in [0, 0.05) is 19.6 Å². The number of anilines is 1. The Kier molecular flexibility index (Phi) is 10.6. The highest BCUT2D eigenvalue weighted by Crippen LogP contribution is 2.29. The average molecular weight is 537 g/mol. The van der Waals surface area contributed by atoms with Crippen LogP contribution in [0.25, 0.3) is 0 Å². The third kappa shape index (κ3) is 8.82. The summed E-state index contributed by atoms with van der Waals surface area (Å²) in [6.07, 6.45) is 0.590. The lowest BCUT2D eigenvalue weighted by atomic mass is 10.0. The molecule has 0 fully saturated rings. The molecule has 0 spiro atoms. The molecular weight excluding hydrogens is 507 g/mol. The van der Waals surface area contributed by atoms with Gasteiger partial charge in [0.2, 0.25) is 11.8 Å². The maximum Gasteiger partial charge on any atom is 0.312 e. The normalized spacial score (nSPS) is 11.4. The molecule has 2 aromatic carbocycles. The van der Waals surface area contributed by atoms with Crippen molar-refractivity contribution < 1.29 is 14.4 Å². The molecule has 0 aliphatic carbocycles. The molecule has 194 valence electrons. The van der Waals surface area contributed by atoms with E-state index in [1.165, 1.54) is 4.90 Å². The molecule has 0 heterocycles. The minimum absolute atomic E-state index is 0.0680. The molecule has 11 N–H and O–H groups in total. The van der Waals surface area contributed by atoms with E-state index < -0.39 is 18.0 Å². The van der Waals surface area contributed by atoms with Crippen molar-refractivity contribution in [1.29, 1.82) is 0 Å². The van der Waals surface area contributed by atoms with Gasteiger partial charge in [0.05, 0.1) is 22.2 Å². The number of benzene rings is 2. The molecule has 0 aliphatic rings. The molecule has 2 rings (SSSR count). The van der Waals surface area contributed by atoms with Gasteiger partial charge in [-0.3, -0.25) is 14.6 Å². The van der Waals surface area contributed by atoms with Crippen molar-refractivity contribution in [3.05, 3.63) is 63.1 Å². The molecule has 0 unspecified atom stereocenters. The number of urea groups is 1. The summed E-state index contributed by atoms with van der Waals surface area (Å²) >= 11 is 12.2. The van der Waals surface area contributed by atoms with E-state index in [0.29, 0.717) is 12.0 Å². The van der Waals surface area contributed by atoms with Gasteiger partial charge in [0.1, 0.15) is 6.04 Å². The number of nitrogens with zero attached hydrogens (tertiary/aromatic N) is 2. The van der Waals surface area contributed by atoms with Gasteiger partial charge in [-0.2, -0.15) is 0 Å². The predicted molar refractivity (Wildman–Crippen MR) is 141 cm³/mol. The van der Waals surface area contributed by atoms with Crippen LogP contribution in [-0.4, -0.2) is 41.3 Å². The van der Waals surface area contributed by atoms with Crippen molar-refractivity contribution in [2.45, 2.75) is 38.4 Å². The molecular formula is C23H30Cl2N8O3. The summed E-state index contributed by atoms with van der Waals surface area (Å²) in [7, 11) is 0. The van der Waals surface area contributed by atoms with Crippen molar-refractivity contribution in [3.8, 4) is 0 Å². The standard InChI is InChI=1S/C23H30Cl2N8O3/c24-16-8-15(9-17(25)20(16)26)10-19(34)33(18(21(27)35)2-1-7-31-22(28)29)12-14-5-3-13(4-6-14)11-32-23(30)36/h3-6,8-9,18H,1-2,7,10-12,26H2,(H2,27,35)(H4,28,29,31)(H3,30,32,36)/t18-/m1/s1. The monoisotopic (exact) mass is 536 g/mol. The van der Waals surface area contributed by atoms with E-state index in [2.05, 4.69) is 10.3 Å². The van der Waals surface area contributed by atoms with Crippen molar-refractivity contribution >= 4 is 52.7 Å². The Morgan fingerprint density at radius 1 is 0.944 bits per heavy atom. The number of hydrogen-bond donors (Lipinski definition) is 6. The fourth-order valence-corrected chi connectivity index (χ4v) is 4.01. The zero-order valence-corrected chi connectivity index (χ0v) is 21.1. The van der Waals surface area contributed by atoms with Crippen LogP contribution in [0, 0.1) is 0 Å². The number of nitrogen functional groups attached to an aromatic ring is 1. The lowest BCUT2D eigenvalue weighted by Gasteiger charge is -2.30. The maximum atomic E-state index is 13.4. The molecule has 0 radical (unpaired) electrons. The summed E-state index contributed by atoms with van der Waals surface area (Å²) in [4.78, 5) is 42.1. The zero-order valence-electron chi connectivity index (χ0n) is 19.5. The number of rotatable bonds is 12. The minimum Gasteiger partial charge on any atom is -0.396 e. The van der Waals surface area contributed by atoms with E-state index in [0.717, 1.165) is 11.1 Å². The van der Waals surface area contributed by atoms with Crippen LogP contribution in [-0.2, 0) is 29.1 Å². The van der Waals surface area contributed by atoms with Gasteiger partial charge in [0.15, 0.2) is 5.96 Å². The Bertz CT molecular complexity index is 1100. The molecule has 0 saturated heterocycles. The van der Waals surface area contributed by atoms with Crippen LogP contribution < -0.4 is 34.0 Å². The third-order valence-corrected chi connectivity index (χ3v) is 5.92. The van der Waals surface area contributed by atoms with Crippen molar-refractivity contribution in [2.75, 3.05) is 12.3 Å². The lowest BCUT2D eigenvalue weighted by molar-refractivity contribution is -0.139. The molecule has 13 heteroatoms. The number of nitrogens with two attached hydrogens (primary N) is 5. The Labute approximate surface area is 218 Å². The van der Waals surface area contributed by atoms with Gasteiger partial charge in [-0.25, -0.2) is 4.79 Å². The van der Waals surface area contributed by atoms with Crippen molar-refractivity contribution in [3.63, 3.8) is 0 Å². The first-order chi connectivity index (χ1) is 17.0. The number of hydrogen-bond acceptors (Lipinski definition) is 5. The molecule has 1 atom stereocenters. The highest BCUT2D eigenvalue weighted by Gasteiger charge is 2.28. The number of primary amides is 2. The SMILES string of the molecule is NC(=O)NCc1ccc(CN(C(=O)Cc2cc(Cl)c(N)c(Cl)c2)[C@H](CCCN=C(N)N)C(N)=O)cc1. The first-order valence-corrected chi connectivity index (χ1v) is 11.7. The van der Waals surface area contributed by atoms with E-state index in [4.69, 9.17) is 51.9 Å². The van der Waals surface area contributed by atoms with Gasteiger partial charge in [-0.05, 0) is 41.7 Å². The van der Waals surface area contributed by atoms with Gasteiger partial charge >= 0.3 is 6.03 Å². The topological polar surface area (TPSA) is 209 Å². The van der Waals surface area contributed by atoms with Crippen LogP contribution in [0.4, 0.5) is 10.5 Å². The molecule has 0 bridgehead atoms. The summed E-state index contributed by atoms with van der Waals surface area (Å²) in [5.74, 6) is -1.10. The quantitative estimate of drug-likeness (QED) is 0.101. The number of carbonyl (C=O) groups excluding carboxylic acids is 3. The maximum absolute atomic E-state index is 13.4. The highest BCUT2D eigenvalue weighted by atomic mass is 35.5. The second-order valence-electron chi connectivity index (χ2n) is 8.07. The largest absolute Gasteiger partial charge is 0.396 e. The predicted octanol–water partition coefficient (Wildman–Crippen LogP) is 1.22. The average Bonchev–Trinajstić information content (AvgIpc) is 2.80. The van der Waals surface area contributed by atoms with Crippen molar-refractivity contribution in [2.24, 2.45) is 27.9 Å². The van der Waals surface area contributed by atoms with Crippen molar-refractivity contribution in [1.82, 2.24) is 10.2 Å². The smallest absolute Gasteiger partial charge is 0.312 e. The fraction of sp³-hybridized carbons (Fsp3) is 0.304. The van der Waals surface area contributed by atoms with E-state index >= 15 is 0 Å². The number of amides is 4. The van der Waals surface area contributed by atoms with E-state index in [-0.39, 0.29) is 60.1 Å². The van der Waals surface area contributed by atoms with Crippen LogP contribution in [0.2, 0.25) is 10.0 Å². The fourth-order valence-electron chi connectivity index (χ4n) is 3.48. The Morgan fingerprint density at radius 3 is 2.06 bits per heavy atom. The number of aliphatic imine (C=N–C) groups is 1.